The van der Waals surface area contributed by atoms with Gasteiger partial charge in [-0.25, -0.2) is 0 Å². The molecule has 6 nitrogen and oxygen atoms in total. The van der Waals surface area contributed by atoms with E-state index in [-0.39, 0.29) is 5.75 Å². The fourth-order valence-electron chi connectivity index (χ4n) is 1.08. The number of hydrogen-bond donors (Lipinski definition) is 1. The van der Waals surface area contributed by atoms with Gasteiger partial charge in [0.15, 0.2) is 9.35 Å². The molecule has 2 aromatic rings. The Kier molecular flexibility index (Phi) is 3.75. The molecule has 0 saturated heterocycles. The Bertz CT molecular complexity index is 523. The monoisotopic (exact) mass is 271 g/mol. The highest BCUT2D eigenvalue weighted by Crippen LogP contribution is 2.28. The van der Waals surface area contributed by atoms with Crippen molar-refractivity contribution in [1.29, 1.82) is 0 Å². The SMILES string of the molecule is CCc1cc(-c2nnc(SCC(=O)O)s2)no1. The first-order valence-corrected chi connectivity index (χ1v) is 6.63. The molecule has 0 aromatic carbocycles. The molecule has 0 atom stereocenters. The van der Waals surface area contributed by atoms with Crippen molar-refractivity contribution in [2.45, 2.75) is 17.7 Å². The number of rotatable bonds is 5. The average Bonchev–Trinajstić information content (AvgIpc) is 2.94. The van der Waals surface area contributed by atoms with E-state index in [1.54, 1.807) is 0 Å². The molecule has 2 aromatic heterocycles. The van der Waals surface area contributed by atoms with Crippen LogP contribution >= 0.6 is 23.1 Å². The van der Waals surface area contributed by atoms with Crippen molar-refractivity contribution in [1.82, 2.24) is 15.4 Å². The van der Waals surface area contributed by atoms with Gasteiger partial charge in [-0.15, -0.1) is 10.2 Å². The standard InChI is InChI=1S/C9H9N3O3S2/c1-2-5-3-6(12-15-5)8-10-11-9(17-8)16-4-7(13)14/h3H,2,4H2,1H3,(H,13,14). The molecular weight excluding hydrogens is 262 g/mol. The van der Waals surface area contributed by atoms with Gasteiger partial charge in [0, 0.05) is 12.5 Å². The van der Waals surface area contributed by atoms with Gasteiger partial charge in [-0.05, 0) is 0 Å². The van der Waals surface area contributed by atoms with E-state index >= 15 is 0 Å². The molecule has 0 fully saturated rings. The molecule has 0 aliphatic heterocycles. The van der Waals surface area contributed by atoms with E-state index in [1.807, 2.05) is 13.0 Å². The summed E-state index contributed by atoms with van der Waals surface area (Å²) in [6.45, 7) is 1.97. The molecule has 0 spiro atoms. The maximum Gasteiger partial charge on any atom is 0.313 e. The zero-order valence-corrected chi connectivity index (χ0v) is 10.5. The van der Waals surface area contributed by atoms with Gasteiger partial charge >= 0.3 is 5.97 Å². The summed E-state index contributed by atoms with van der Waals surface area (Å²) >= 11 is 2.45. The molecule has 0 amide bonds. The van der Waals surface area contributed by atoms with Crippen molar-refractivity contribution in [3.8, 4) is 10.7 Å². The minimum atomic E-state index is -0.874. The smallest absolute Gasteiger partial charge is 0.313 e. The highest BCUT2D eigenvalue weighted by atomic mass is 32.2. The third-order valence-corrected chi connectivity index (χ3v) is 3.92. The van der Waals surface area contributed by atoms with Gasteiger partial charge in [-0.3, -0.25) is 4.79 Å². The molecular formula is C9H9N3O3S2. The largest absolute Gasteiger partial charge is 0.481 e. The Hall–Kier alpha value is -1.41. The first-order chi connectivity index (χ1) is 8.19. The quantitative estimate of drug-likeness (QED) is 0.831. The zero-order chi connectivity index (χ0) is 12.3. The normalized spacial score (nSPS) is 10.6. The second-order valence-corrected chi connectivity index (χ2v) is 5.29. The lowest BCUT2D eigenvalue weighted by molar-refractivity contribution is -0.133. The van der Waals surface area contributed by atoms with Crippen LogP contribution < -0.4 is 0 Å². The lowest BCUT2D eigenvalue weighted by Crippen LogP contribution is -1.96. The van der Waals surface area contributed by atoms with Crippen LogP contribution in [0, 0.1) is 0 Å². The van der Waals surface area contributed by atoms with Crippen molar-refractivity contribution >= 4 is 29.1 Å². The maximum atomic E-state index is 10.4. The molecule has 8 heteroatoms. The van der Waals surface area contributed by atoms with E-state index in [2.05, 4.69) is 15.4 Å². The van der Waals surface area contributed by atoms with Gasteiger partial charge in [-0.1, -0.05) is 35.2 Å². The van der Waals surface area contributed by atoms with Crippen molar-refractivity contribution in [2.24, 2.45) is 0 Å². The Morgan fingerprint density at radius 2 is 2.41 bits per heavy atom. The highest BCUT2D eigenvalue weighted by molar-refractivity contribution is 8.01. The number of aliphatic carboxylic acids is 1. The van der Waals surface area contributed by atoms with Crippen LogP contribution in [0.3, 0.4) is 0 Å². The van der Waals surface area contributed by atoms with E-state index < -0.39 is 5.97 Å². The molecule has 0 aliphatic rings. The molecule has 1 N–H and O–H groups in total. The highest BCUT2D eigenvalue weighted by Gasteiger charge is 2.12. The summed E-state index contributed by atoms with van der Waals surface area (Å²) in [4.78, 5) is 10.4. The van der Waals surface area contributed by atoms with E-state index in [0.717, 1.165) is 23.9 Å². The summed E-state index contributed by atoms with van der Waals surface area (Å²) < 4.78 is 5.68. The minimum Gasteiger partial charge on any atom is -0.481 e. The van der Waals surface area contributed by atoms with Gasteiger partial charge in [0.1, 0.15) is 11.5 Å². The van der Waals surface area contributed by atoms with Gasteiger partial charge in [-0.2, -0.15) is 0 Å². The maximum absolute atomic E-state index is 10.4. The van der Waals surface area contributed by atoms with Crippen LogP contribution in [0.25, 0.3) is 10.7 Å². The molecule has 0 bridgehead atoms. The second-order valence-electron chi connectivity index (χ2n) is 3.09. The molecule has 0 saturated carbocycles. The molecule has 0 radical (unpaired) electrons. The number of carboxylic acid groups (broad SMARTS) is 1. The van der Waals surface area contributed by atoms with Crippen molar-refractivity contribution in [2.75, 3.05) is 5.75 Å². The van der Waals surface area contributed by atoms with E-state index in [4.69, 9.17) is 9.63 Å². The number of aromatic nitrogens is 3. The summed E-state index contributed by atoms with van der Waals surface area (Å²) in [6, 6.07) is 1.81. The molecule has 90 valence electrons. The predicted octanol–water partition coefficient (Wildman–Crippen LogP) is 1.93. The Labute approximate surface area is 105 Å². The average molecular weight is 271 g/mol. The fourth-order valence-corrected chi connectivity index (χ4v) is 2.60. The third kappa shape index (κ3) is 3.04. The van der Waals surface area contributed by atoms with Crippen LogP contribution in [0.4, 0.5) is 0 Å². The summed E-state index contributed by atoms with van der Waals surface area (Å²) in [5, 5.41) is 20.9. The Morgan fingerprint density at radius 3 is 3.06 bits per heavy atom. The van der Waals surface area contributed by atoms with Gasteiger partial charge in [0.05, 0.1) is 5.75 Å². The first-order valence-electron chi connectivity index (χ1n) is 4.83. The number of hydrogen-bond acceptors (Lipinski definition) is 7. The topological polar surface area (TPSA) is 89.1 Å². The van der Waals surface area contributed by atoms with Crippen LogP contribution in [-0.2, 0) is 11.2 Å². The summed E-state index contributed by atoms with van der Waals surface area (Å²) in [5.74, 6) is -0.107. The fraction of sp³-hybridized carbons (Fsp3) is 0.333. The molecule has 2 heterocycles. The summed E-state index contributed by atoms with van der Waals surface area (Å²) in [7, 11) is 0. The molecule has 0 unspecified atom stereocenters. The van der Waals surface area contributed by atoms with Crippen LogP contribution in [0.2, 0.25) is 0 Å². The van der Waals surface area contributed by atoms with Crippen LogP contribution in [0.5, 0.6) is 0 Å². The number of carboxylic acids is 1. The summed E-state index contributed by atoms with van der Waals surface area (Å²) in [5.41, 5.74) is 0.640. The van der Waals surface area contributed by atoms with Crippen molar-refractivity contribution in [3.63, 3.8) is 0 Å². The number of aryl methyl sites for hydroxylation is 1. The summed E-state index contributed by atoms with van der Waals surface area (Å²) in [6.07, 6.45) is 0.770. The second kappa shape index (κ2) is 5.28. The Balaban J connectivity index is 2.09. The lowest BCUT2D eigenvalue weighted by Gasteiger charge is -1.87. The number of nitrogens with zero attached hydrogens (tertiary/aromatic N) is 3. The van der Waals surface area contributed by atoms with Crippen LogP contribution in [-0.4, -0.2) is 32.2 Å². The van der Waals surface area contributed by atoms with Crippen molar-refractivity contribution in [3.05, 3.63) is 11.8 Å². The minimum absolute atomic E-state index is 0.0202. The molecule has 2 rings (SSSR count). The predicted molar refractivity (Wildman–Crippen MR) is 63.1 cm³/mol. The molecule has 0 aliphatic carbocycles. The van der Waals surface area contributed by atoms with Crippen LogP contribution in [0.1, 0.15) is 12.7 Å². The van der Waals surface area contributed by atoms with E-state index in [9.17, 15) is 4.79 Å². The first kappa shape index (κ1) is 12.1. The van der Waals surface area contributed by atoms with Gasteiger partial charge in [0.25, 0.3) is 0 Å². The van der Waals surface area contributed by atoms with E-state index in [0.29, 0.717) is 15.0 Å². The number of carbonyl (C=O) groups is 1. The zero-order valence-electron chi connectivity index (χ0n) is 8.91. The Morgan fingerprint density at radius 1 is 1.59 bits per heavy atom. The van der Waals surface area contributed by atoms with Crippen molar-refractivity contribution < 1.29 is 14.4 Å². The third-order valence-electron chi connectivity index (χ3n) is 1.85. The van der Waals surface area contributed by atoms with Gasteiger partial charge in [0.2, 0.25) is 0 Å². The van der Waals surface area contributed by atoms with E-state index in [1.165, 1.54) is 11.3 Å². The number of thioether (sulfide) groups is 1. The van der Waals surface area contributed by atoms with Gasteiger partial charge < -0.3 is 9.63 Å². The molecule has 17 heavy (non-hydrogen) atoms. The van der Waals surface area contributed by atoms with Crippen LogP contribution in [0.15, 0.2) is 14.9 Å². The lowest BCUT2D eigenvalue weighted by atomic mass is 10.3.